The summed E-state index contributed by atoms with van der Waals surface area (Å²) in [5.74, 6) is 0. The third kappa shape index (κ3) is 28.3. The van der Waals surface area contributed by atoms with Crippen LogP contribution in [0.4, 0.5) is 0 Å². The molecule has 0 bridgehead atoms. The van der Waals surface area contributed by atoms with Gasteiger partial charge in [-0.15, -0.1) is 0 Å². The zero-order chi connectivity index (χ0) is 4.50. The van der Waals surface area contributed by atoms with E-state index in [0.29, 0.717) is 0 Å². The van der Waals surface area contributed by atoms with Gasteiger partial charge in [-0.3, -0.25) is 0 Å². The normalized spacial score (nSPS) is 10.0. The Hall–Kier alpha value is 2.95. The Kier molecular flexibility index (Phi) is 9.35. The van der Waals surface area contributed by atoms with E-state index in [-0.39, 0.29) is 23.9 Å². The summed E-state index contributed by atoms with van der Waals surface area (Å²) in [7, 11) is 2.08. The Morgan fingerprint density at radius 2 is 1.17 bits per heavy atom. The van der Waals surface area contributed by atoms with Gasteiger partial charge in [-0.25, -0.2) is 0 Å². The van der Waals surface area contributed by atoms with Crippen LogP contribution in [0.1, 0.15) is 0 Å². The van der Waals surface area contributed by atoms with Crippen LogP contribution in [0.15, 0.2) is 0 Å². The second-order valence-electron chi connectivity index (χ2n) is 0.699. The summed E-state index contributed by atoms with van der Waals surface area (Å²) >= 11 is 6.86. The van der Waals surface area contributed by atoms with E-state index in [1.54, 1.807) is 0 Å². The summed E-state index contributed by atoms with van der Waals surface area (Å²) in [5.41, 5.74) is 0. The Labute approximate surface area is 96.6 Å². The number of halogens is 3. The van der Waals surface area contributed by atoms with Crippen LogP contribution >= 0.6 is 68.6 Å². The fourth-order valence-corrected chi connectivity index (χ4v) is 0. The van der Waals surface area contributed by atoms with Crippen molar-refractivity contribution in [3.63, 3.8) is 0 Å². The molecule has 0 fully saturated rings. The quantitative estimate of drug-likeness (QED) is 0.254. The standard InChI is InChI=1S/CH3I3N.Sn.2H/c1-5(2,3)4;;;/h1H3;;;/q+1;;;. The second-order valence-corrected chi connectivity index (χ2v) is 12.0. The van der Waals surface area contributed by atoms with E-state index in [1.807, 2.05) is 0 Å². The minimum atomic E-state index is 0. The minimum absolute atomic E-state index is 0. The number of rotatable bonds is 0. The molecule has 5 heteroatoms. The Morgan fingerprint density at radius 1 is 1.17 bits per heavy atom. The number of quaternary nitrogens is 1. The molecule has 0 aromatic heterocycles. The maximum absolute atomic E-state index is 2.29. The van der Waals surface area contributed by atoms with Crippen molar-refractivity contribution in [2.45, 2.75) is 0 Å². The Morgan fingerprint density at radius 3 is 1.17 bits per heavy atom. The molecule has 0 aromatic carbocycles. The first-order valence-corrected chi connectivity index (χ1v) is 3.85. The van der Waals surface area contributed by atoms with E-state index in [0.717, 1.165) is -0.877 Å². The molecule has 0 spiro atoms. The van der Waals surface area contributed by atoms with Crippen LogP contribution in [-0.4, -0.2) is 30.1 Å². The van der Waals surface area contributed by atoms with E-state index in [1.165, 1.54) is 0 Å². The summed E-state index contributed by atoms with van der Waals surface area (Å²) in [6, 6.07) is 0. The second kappa shape index (κ2) is 4.79. The number of nitrogens with zero attached hydrogens (tertiary/aromatic N) is 1. The van der Waals surface area contributed by atoms with Gasteiger partial charge in [0.05, 0.1) is 7.05 Å². The van der Waals surface area contributed by atoms with Gasteiger partial charge in [0.1, 0.15) is 0 Å². The fourth-order valence-electron chi connectivity index (χ4n) is 0. The van der Waals surface area contributed by atoms with Crippen molar-refractivity contribution in [3.05, 3.63) is 0 Å². The van der Waals surface area contributed by atoms with Crippen LogP contribution in [0.25, 0.3) is 0 Å². The third-order valence-electron chi connectivity index (χ3n) is 0. The van der Waals surface area contributed by atoms with Crippen LogP contribution in [0.5, 0.6) is 0 Å². The average molecular weight is 530 g/mol. The van der Waals surface area contributed by atoms with Crippen molar-refractivity contribution < 1.29 is -0.877 Å². The molecule has 6 heavy (non-hydrogen) atoms. The van der Waals surface area contributed by atoms with Crippen LogP contribution < -0.4 is 0 Å². The van der Waals surface area contributed by atoms with Gasteiger partial charge in [0.25, 0.3) is 68.6 Å². The van der Waals surface area contributed by atoms with Crippen molar-refractivity contribution in [2.75, 3.05) is 7.05 Å². The van der Waals surface area contributed by atoms with E-state index >= 15 is 0 Å². The van der Waals surface area contributed by atoms with Gasteiger partial charge < -0.3 is 0 Å². The molecular weight excluding hydrogens is 525 g/mol. The number of hydrogen-bond donors (Lipinski definition) is 0. The first kappa shape index (κ1) is 11.7. The average Bonchev–Trinajstić information content (AvgIpc) is 0.722. The van der Waals surface area contributed by atoms with Gasteiger partial charge in [0.2, 0.25) is 0 Å². The van der Waals surface area contributed by atoms with Crippen LogP contribution in [-0.2, 0) is 0 Å². The summed E-state index contributed by atoms with van der Waals surface area (Å²) in [4.78, 5) is 0. The molecule has 0 aliphatic rings. The van der Waals surface area contributed by atoms with Crippen molar-refractivity contribution in [2.24, 2.45) is 0 Å². The molecule has 0 unspecified atom stereocenters. The van der Waals surface area contributed by atoms with Crippen molar-refractivity contribution in [1.82, 2.24) is 0 Å². The number of hydrogen-bond acceptors (Lipinski definition) is 0. The Bertz CT molecular complexity index is 26.3. The van der Waals surface area contributed by atoms with E-state index < -0.39 is 0 Å². The first-order chi connectivity index (χ1) is 2.00. The summed E-state index contributed by atoms with van der Waals surface area (Å²) in [6.07, 6.45) is 0. The summed E-state index contributed by atoms with van der Waals surface area (Å²) in [5, 5.41) is 0. The van der Waals surface area contributed by atoms with Crippen LogP contribution in [0.2, 0.25) is 0 Å². The molecule has 0 saturated carbocycles. The predicted molar refractivity (Wildman–Crippen MR) is 56.8 cm³/mol. The topological polar surface area (TPSA) is 0 Å². The molecule has 2 radical (unpaired) electrons. The molecule has 0 aliphatic heterocycles. The van der Waals surface area contributed by atoms with Gasteiger partial charge in [0.15, 0.2) is 0 Å². The molecule has 0 atom stereocenters. The van der Waals surface area contributed by atoms with Gasteiger partial charge in [-0.05, 0) is 0 Å². The van der Waals surface area contributed by atoms with Gasteiger partial charge in [0, 0.05) is 0 Å². The summed E-state index contributed by atoms with van der Waals surface area (Å²) in [6.45, 7) is 0. The first-order valence-electron chi connectivity index (χ1n) is 0.954. The zero-order valence-corrected chi connectivity index (χ0v) is 13.8. The molecule has 0 amide bonds. The molecule has 0 saturated heterocycles. The molecule has 1 nitrogen and oxygen atoms in total. The molecule has 38 valence electrons. The molecule has 0 rings (SSSR count). The molecule has 0 N–H and O–H groups in total. The van der Waals surface area contributed by atoms with E-state index in [2.05, 4.69) is 75.6 Å². The zero-order valence-electron chi connectivity index (χ0n) is 3.29. The van der Waals surface area contributed by atoms with Gasteiger partial charge in [-0.2, -0.15) is -0.877 Å². The van der Waals surface area contributed by atoms with Crippen molar-refractivity contribution in [1.29, 1.82) is 0 Å². The fraction of sp³-hybridized carbons (Fsp3) is 1.00. The van der Waals surface area contributed by atoms with Crippen LogP contribution in [0.3, 0.4) is 0 Å². The summed E-state index contributed by atoms with van der Waals surface area (Å²) < 4.78 is 0.910. The van der Waals surface area contributed by atoms with Crippen molar-refractivity contribution in [3.8, 4) is 0 Å². The predicted octanol–water partition coefficient (Wildman–Crippen LogP) is 1.57. The van der Waals surface area contributed by atoms with Gasteiger partial charge in [-0.1, -0.05) is 0 Å². The molecule has 0 heterocycles. The van der Waals surface area contributed by atoms with Gasteiger partial charge >= 0.3 is 23.9 Å². The van der Waals surface area contributed by atoms with Crippen LogP contribution in [0, 0.1) is 0 Å². The SMILES string of the molecule is C[N+](I)(I)I.[SnH2]. The monoisotopic (exact) mass is 532 g/mol. The maximum atomic E-state index is 2.29. The van der Waals surface area contributed by atoms with E-state index in [4.69, 9.17) is 0 Å². The molecule has 0 aromatic rings. The molecule has 0 aliphatic carbocycles. The van der Waals surface area contributed by atoms with E-state index in [9.17, 15) is 0 Å². The Balaban J connectivity index is 0. The molecular formula is CH5I3NSn+. The van der Waals surface area contributed by atoms with Crippen molar-refractivity contribution >= 4 is 92.5 Å². The third-order valence-corrected chi connectivity index (χ3v) is 0.